The molecule has 8 heteroatoms. The summed E-state index contributed by atoms with van der Waals surface area (Å²) in [6, 6.07) is 6.10. The van der Waals surface area contributed by atoms with Crippen LogP contribution < -0.4 is 5.14 Å². The highest BCUT2D eigenvalue weighted by atomic mass is 32.2. The Labute approximate surface area is 115 Å². The average molecular weight is 295 g/mol. The Hall–Kier alpha value is -1.90. The number of aromatic amines is 1. The molecule has 20 heavy (non-hydrogen) atoms. The number of nitrogens with two attached hydrogens (primary N) is 1. The maximum absolute atomic E-state index is 11.6. The lowest BCUT2D eigenvalue weighted by Gasteiger charge is -2.30. The first-order valence-corrected chi connectivity index (χ1v) is 7.52. The number of hydrogen-bond donors (Lipinski definition) is 3. The molecule has 0 bridgehead atoms. The standard InChI is InChI=1S/C12H13N3O4S/c13-20(18,19)15-6-5-8-7-3-1-2-4-9(7)14-10(8)11(15)12(16)17/h1-4,11,14H,5-6H2,(H,16,17)(H2,13,18,19). The lowest BCUT2D eigenvalue weighted by atomic mass is 9.99. The van der Waals surface area contributed by atoms with E-state index in [1.54, 1.807) is 0 Å². The Balaban J connectivity index is 2.24. The summed E-state index contributed by atoms with van der Waals surface area (Å²) in [4.78, 5) is 14.5. The molecule has 1 aliphatic rings. The number of nitrogens with zero attached hydrogens (tertiary/aromatic N) is 1. The monoisotopic (exact) mass is 295 g/mol. The Kier molecular flexibility index (Phi) is 2.82. The molecule has 0 saturated carbocycles. The first-order valence-electron chi connectivity index (χ1n) is 6.01. The van der Waals surface area contributed by atoms with Crippen LogP contribution in [0, 0.1) is 0 Å². The minimum atomic E-state index is -4.07. The van der Waals surface area contributed by atoms with E-state index in [4.69, 9.17) is 5.14 Å². The minimum Gasteiger partial charge on any atom is -0.480 e. The van der Waals surface area contributed by atoms with E-state index in [2.05, 4.69) is 4.98 Å². The van der Waals surface area contributed by atoms with Crippen molar-refractivity contribution in [1.29, 1.82) is 0 Å². The zero-order valence-corrected chi connectivity index (χ0v) is 11.2. The molecule has 1 aromatic carbocycles. The van der Waals surface area contributed by atoms with Crippen LogP contribution in [0.3, 0.4) is 0 Å². The van der Waals surface area contributed by atoms with Crippen molar-refractivity contribution in [2.24, 2.45) is 5.14 Å². The summed E-state index contributed by atoms with van der Waals surface area (Å²) in [5.41, 5.74) is 2.02. The Morgan fingerprint density at radius 2 is 2.10 bits per heavy atom. The molecule has 2 heterocycles. The predicted octanol–water partition coefficient (Wildman–Crippen LogP) is 0.355. The Morgan fingerprint density at radius 3 is 2.75 bits per heavy atom. The number of H-pyrrole nitrogens is 1. The maximum atomic E-state index is 11.6. The number of carbonyl (C=O) groups is 1. The number of carboxylic acid groups (broad SMARTS) is 1. The van der Waals surface area contributed by atoms with E-state index in [1.807, 2.05) is 24.3 Å². The molecular weight excluding hydrogens is 282 g/mol. The van der Waals surface area contributed by atoms with Crippen LogP contribution in [-0.2, 0) is 21.4 Å². The normalized spacial score (nSPS) is 19.9. The van der Waals surface area contributed by atoms with Gasteiger partial charge in [-0.3, -0.25) is 4.79 Å². The van der Waals surface area contributed by atoms with E-state index >= 15 is 0 Å². The molecule has 1 aliphatic heterocycles. The van der Waals surface area contributed by atoms with E-state index in [9.17, 15) is 18.3 Å². The molecule has 4 N–H and O–H groups in total. The zero-order chi connectivity index (χ0) is 14.5. The first-order chi connectivity index (χ1) is 9.39. The molecule has 0 amide bonds. The lowest BCUT2D eigenvalue weighted by Crippen LogP contribution is -2.46. The summed E-state index contributed by atoms with van der Waals surface area (Å²) < 4.78 is 23.9. The van der Waals surface area contributed by atoms with E-state index in [0.717, 1.165) is 20.8 Å². The van der Waals surface area contributed by atoms with Gasteiger partial charge in [-0.15, -0.1) is 0 Å². The van der Waals surface area contributed by atoms with Gasteiger partial charge in [0.15, 0.2) is 6.04 Å². The molecule has 7 nitrogen and oxygen atoms in total. The van der Waals surface area contributed by atoms with Crippen molar-refractivity contribution < 1.29 is 18.3 Å². The molecule has 1 unspecified atom stereocenters. The second kappa shape index (κ2) is 4.30. The van der Waals surface area contributed by atoms with Crippen molar-refractivity contribution in [2.75, 3.05) is 6.54 Å². The number of rotatable bonds is 2. The van der Waals surface area contributed by atoms with Crippen LogP contribution in [0.25, 0.3) is 10.9 Å². The molecule has 0 radical (unpaired) electrons. The van der Waals surface area contributed by atoms with Crippen LogP contribution in [0.1, 0.15) is 17.3 Å². The number of aromatic nitrogens is 1. The molecule has 1 atom stereocenters. The third kappa shape index (κ3) is 1.89. The highest BCUT2D eigenvalue weighted by molar-refractivity contribution is 7.86. The number of hydrogen-bond acceptors (Lipinski definition) is 3. The van der Waals surface area contributed by atoms with Crippen molar-refractivity contribution >= 4 is 27.1 Å². The van der Waals surface area contributed by atoms with Crippen LogP contribution in [0.4, 0.5) is 0 Å². The molecule has 0 aliphatic carbocycles. The number of aliphatic carboxylic acids is 1. The number of fused-ring (bicyclic) bond motifs is 3. The van der Waals surface area contributed by atoms with Crippen LogP contribution in [0.5, 0.6) is 0 Å². The predicted molar refractivity (Wildman–Crippen MR) is 72.2 cm³/mol. The van der Waals surface area contributed by atoms with Crippen molar-refractivity contribution in [1.82, 2.24) is 9.29 Å². The van der Waals surface area contributed by atoms with E-state index in [0.29, 0.717) is 12.1 Å². The van der Waals surface area contributed by atoms with Crippen LogP contribution >= 0.6 is 0 Å². The van der Waals surface area contributed by atoms with Gasteiger partial charge in [0, 0.05) is 23.1 Å². The summed E-state index contributed by atoms with van der Waals surface area (Å²) in [7, 11) is -4.07. The number of carboxylic acids is 1. The summed E-state index contributed by atoms with van der Waals surface area (Å²) in [6.45, 7) is 0.0602. The smallest absolute Gasteiger partial charge is 0.328 e. The summed E-state index contributed by atoms with van der Waals surface area (Å²) in [5, 5.41) is 15.4. The Morgan fingerprint density at radius 1 is 1.40 bits per heavy atom. The van der Waals surface area contributed by atoms with Gasteiger partial charge in [0.1, 0.15) is 0 Å². The topological polar surface area (TPSA) is 116 Å². The van der Waals surface area contributed by atoms with Gasteiger partial charge in [0.2, 0.25) is 0 Å². The van der Waals surface area contributed by atoms with E-state index < -0.39 is 22.2 Å². The number of benzene rings is 1. The van der Waals surface area contributed by atoms with Gasteiger partial charge in [-0.1, -0.05) is 18.2 Å². The van der Waals surface area contributed by atoms with Gasteiger partial charge in [0.05, 0.1) is 0 Å². The summed E-state index contributed by atoms with van der Waals surface area (Å²) >= 11 is 0. The van der Waals surface area contributed by atoms with Crippen LogP contribution in [0.15, 0.2) is 24.3 Å². The van der Waals surface area contributed by atoms with Gasteiger partial charge >= 0.3 is 5.97 Å². The SMILES string of the molecule is NS(=O)(=O)N1CCc2c([nH]c3ccccc23)C1C(=O)O. The molecule has 106 valence electrons. The Bertz CT molecular complexity index is 796. The van der Waals surface area contributed by atoms with Crippen LogP contribution in [-0.4, -0.2) is 35.3 Å². The van der Waals surface area contributed by atoms with Crippen molar-refractivity contribution in [3.05, 3.63) is 35.5 Å². The average Bonchev–Trinajstić information content (AvgIpc) is 2.74. The van der Waals surface area contributed by atoms with E-state index in [-0.39, 0.29) is 6.54 Å². The van der Waals surface area contributed by atoms with Gasteiger partial charge in [-0.05, 0) is 18.1 Å². The number of para-hydroxylation sites is 1. The highest BCUT2D eigenvalue weighted by Gasteiger charge is 2.40. The summed E-state index contributed by atoms with van der Waals surface area (Å²) in [6.07, 6.45) is 0.430. The molecule has 0 spiro atoms. The number of nitrogens with one attached hydrogen (secondary N) is 1. The largest absolute Gasteiger partial charge is 0.480 e. The van der Waals surface area contributed by atoms with Crippen LogP contribution in [0.2, 0.25) is 0 Å². The molecule has 2 aromatic rings. The highest BCUT2D eigenvalue weighted by Crippen LogP contribution is 2.35. The zero-order valence-electron chi connectivity index (χ0n) is 10.4. The third-order valence-corrected chi connectivity index (χ3v) is 4.60. The fourth-order valence-corrected chi connectivity index (χ4v) is 3.57. The molecule has 0 fully saturated rings. The van der Waals surface area contributed by atoms with Gasteiger partial charge in [-0.25, -0.2) is 5.14 Å². The fraction of sp³-hybridized carbons (Fsp3) is 0.250. The molecule has 0 saturated heterocycles. The van der Waals surface area contributed by atoms with Crippen molar-refractivity contribution in [2.45, 2.75) is 12.5 Å². The molecular formula is C12H13N3O4S. The second-order valence-electron chi connectivity index (χ2n) is 4.71. The van der Waals surface area contributed by atoms with Crippen molar-refractivity contribution in [3.63, 3.8) is 0 Å². The van der Waals surface area contributed by atoms with Gasteiger partial charge < -0.3 is 10.1 Å². The minimum absolute atomic E-state index is 0.0602. The second-order valence-corrected chi connectivity index (χ2v) is 6.21. The lowest BCUT2D eigenvalue weighted by molar-refractivity contribution is -0.142. The van der Waals surface area contributed by atoms with E-state index in [1.165, 1.54) is 0 Å². The maximum Gasteiger partial charge on any atom is 0.328 e. The summed E-state index contributed by atoms with van der Waals surface area (Å²) in [5.74, 6) is -1.24. The van der Waals surface area contributed by atoms with Gasteiger partial charge in [-0.2, -0.15) is 12.7 Å². The molecule has 1 aromatic heterocycles. The molecule has 3 rings (SSSR count). The third-order valence-electron chi connectivity index (χ3n) is 3.55. The fourth-order valence-electron chi connectivity index (χ4n) is 2.74. The quantitative estimate of drug-likeness (QED) is 0.741. The first kappa shape index (κ1) is 13.1. The van der Waals surface area contributed by atoms with Gasteiger partial charge in [0.25, 0.3) is 10.2 Å². The van der Waals surface area contributed by atoms with Crippen molar-refractivity contribution in [3.8, 4) is 0 Å².